The van der Waals surface area contributed by atoms with Gasteiger partial charge in [0.25, 0.3) is 5.91 Å². The maximum absolute atomic E-state index is 12.1. The SMILES string of the molecule is O=C(N/N=C/c1ccco1)c1cc(-c2ccc(-c3ccccc3)cc2)n[nH]1. The molecule has 0 saturated carbocycles. The number of hydrogen-bond acceptors (Lipinski definition) is 4. The van der Waals surface area contributed by atoms with E-state index in [1.807, 2.05) is 42.5 Å². The van der Waals surface area contributed by atoms with E-state index in [0.29, 0.717) is 17.1 Å². The van der Waals surface area contributed by atoms with Gasteiger partial charge in [0.2, 0.25) is 0 Å². The Morgan fingerprint density at radius 2 is 1.70 bits per heavy atom. The summed E-state index contributed by atoms with van der Waals surface area (Å²) >= 11 is 0. The fourth-order valence-corrected chi connectivity index (χ4v) is 2.63. The first-order valence-electron chi connectivity index (χ1n) is 8.38. The van der Waals surface area contributed by atoms with Crippen LogP contribution in [0.2, 0.25) is 0 Å². The first-order chi connectivity index (χ1) is 13.3. The van der Waals surface area contributed by atoms with Crippen LogP contribution in [0.1, 0.15) is 16.2 Å². The lowest BCUT2D eigenvalue weighted by Gasteiger charge is -2.02. The number of nitrogens with one attached hydrogen (secondary N) is 2. The summed E-state index contributed by atoms with van der Waals surface area (Å²) in [6.07, 6.45) is 2.96. The van der Waals surface area contributed by atoms with Crippen molar-refractivity contribution in [2.24, 2.45) is 5.10 Å². The van der Waals surface area contributed by atoms with Gasteiger partial charge in [-0.05, 0) is 29.3 Å². The van der Waals surface area contributed by atoms with Crippen molar-refractivity contribution in [3.63, 3.8) is 0 Å². The minimum atomic E-state index is -0.377. The van der Waals surface area contributed by atoms with Gasteiger partial charge in [-0.1, -0.05) is 54.6 Å². The molecule has 0 fully saturated rings. The highest BCUT2D eigenvalue weighted by atomic mass is 16.3. The largest absolute Gasteiger partial charge is 0.463 e. The summed E-state index contributed by atoms with van der Waals surface area (Å²) in [6.45, 7) is 0. The normalized spacial score (nSPS) is 11.0. The summed E-state index contributed by atoms with van der Waals surface area (Å²) in [5, 5.41) is 10.8. The maximum atomic E-state index is 12.1. The summed E-state index contributed by atoms with van der Waals surface area (Å²) in [5.41, 5.74) is 6.65. The maximum Gasteiger partial charge on any atom is 0.289 e. The summed E-state index contributed by atoms with van der Waals surface area (Å²) < 4.78 is 5.10. The Kier molecular flexibility index (Phi) is 4.61. The second-order valence-corrected chi connectivity index (χ2v) is 5.82. The van der Waals surface area contributed by atoms with Crippen LogP contribution in [0.3, 0.4) is 0 Å². The second kappa shape index (κ2) is 7.53. The van der Waals surface area contributed by atoms with Crippen molar-refractivity contribution in [3.8, 4) is 22.4 Å². The van der Waals surface area contributed by atoms with Gasteiger partial charge in [0.15, 0.2) is 0 Å². The van der Waals surface area contributed by atoms with Crippen LogP contribution in [-0.2, 0) is 0 Å². The smallest absolute Gasteiger partial charge is 0.289 e. The quantitative estimate of drug-likeness (QED) is 0.417. The van der Waals surface area contributed by atoms with Gasteiger partial charge in [0, 0.05) is 5.56 Å². The van der Waals surface area contributed by atoms with Crippen LogP contribution >= 0.6 is 0 Å². The molecule has 6 nitrogen and oxygen atoms in total. The van der Waals surface area contributed by atoms with Crippen LogP contribution in [0.5, 0.6) is 0 Å². The Morgan fingerprint density at radius 3 is 2.44 bits per heavy atom. The lowest BCUT2D eigenvalue weighted by atomic mass is 10.0. The minimum absolute atomic E-state index is 0.328. The Hall–Kier alpha value is -3.93. The van der Waals surface area contributed by atoms with Gasteiger partial charge in [-0.3, -0.25) is 9.89 Å². The highest BCUT2D eigenvalue weighted by Crippen LogP contribution is 2.24. The Labute approximate surface area is 155 Å². The van der Waals surface area contributed by atoms with Crippen molar-refractivity contribution in [3.05, 3.63) is 90.5 Å². The van der Waals surface area contributed by atoms with Crippen molar-refractivity contribution in [2.45, 2.75) is 0 Å². The van der Waals surface area contributed by atoms with E-state index in [2.05, 4.69) is 32.9 Å². The summed E-state index contributed by atoms with van der Waals surface area (Å²) in [6, 6.07) is 23.3. The number of carbonyl (C=O) groups excluding carboxylic acids is 1. The number of H-pyrrole nitrogens is 1. The average Bonchev–Trinajstić information content (AvgIpc) is 3.41. The first-order valence-corrected chi connectivity index (χ1v) is 8.38. The molecule has 2 heterocycles. The molecule has 4 aromatic rings. The molecule has 132 valence electrons. The van der Waals surface area contributed by atoms with Crippen LogP contribution in [-0.4, -0.2) is 22.3 Å². The van der Waals surface area contributed by atoms with Crippen molar-refractivity contribution < 1.29 is 9.21 Å². The predicted octanol–water partition coefficient (Wildman–Crippen LogP) is 4.10. The average molecular weight is 356 g/mol. The molecule has 0 radical (unpaired) electrons. The third-order valence-corrected chi connectivity index (χ3v) is 4.01. The van der Waals surface area contributed by atoms with Crippen LogP contribution in [0, 0.1) is 0 Å². The summed E-state index contributed by atoms with van der Waals surface area (Å²) in [7, 11) is 0. The zero-order valence-corrected chi connectivity index (χ0v) is 14.3. The van der Waals surface area contributed by atoms with E-state index in [-0.39, 0.29) is 5.91 Å². The van der Waals surface area contributed by atoms with E-state index in [9.17, 15) is 4.79 Å². The lowest BCUT2D eigenvalue weighted by molar-refractivity contribution is 0.0950. The molecular formula is C21H16N4O2. The number of rotatable bonds is 5. The van der Waals surface area contributed by atoms with E-state index in [1.165, 1.54) is 12.5 Å². The molecule has 0 atom stereocenters. The number of amides is 1. The molecule has 27 heavy (non-hydrogen) atoms. The van der Waals surface area contributed by atoms with Gasteiger partial charge in [-0.2, -0.15) is 10.2 Å². The number of aromatic amines is 1. The van der Waals surface area contributed by atoms with Gasteiger partial charge < -0.3 is 4.42 Å². The molecular weight excluding hydrogens is 340 g/mol. The highest BCUT2D eigenvalue weighted by molar-refractivity contribution is 5.94. The van der Waals surface area contributed by atoms with Crippen molar-refractivity contribution in [2.75, 3.05) is 0 Å². The van der Waals surface area contributed by atoms with Crippen molar-refractivity contribution >= 4 is 12.1 Å². The Morgan fingerprint density at radius 1 is 0.963 bits per heavy atom. The molecule has 4 rings (SSSR count). The molecule has 1 amide bonds. The predicted molar refractivity (Wildman–Crippen MR) is 103 cm³/mol. The molecule has 0 aliphatic carbocycles. The summed E-state index contributed by atoms with van der Waals surface area (Å²) in [4.78, 5) is 12.1. The van der Waals surface area contributed by atoms with Crippen LogP contribution in [0.25, 0.3) is 22.4 Å². The molecule has 2 aromatic carbocycles. The van der Waals surface area contributed by atoms with Crippen LogP contribution in [0.4, 0.5) is 0 Å². The summed E-state index contributed by atoms with van der Waals surface area (Å²) in [5.74, 6) is 0.177. The number of hydrogen-bond donors (Lipinski definition) is 2. The molecule has 0 saturated heterocycles. The third kappa shape index (κ3) is 3.85. The molecule has 0 aliphatic rings. The second-order valence-electron chi connectivity index (χ2n) is 5.82. The Bertz CT molecular complexity index is 1050. The number of nitrogens with zero attached hydrogens (tertiary/aromatic N) is 2. The molecule has 0 aliphatic heterocycles. The first kappa shape index (κ1) is 16.5. The molecule has 0 bridgehead atoms. The topological polar surface area (TPSA) is 83.3 Å². The van der Waals surface area contributed by atoms with Crippen LogP contribution < -0.4 is 5.43 Å². The lowest BCUT2D eigenvalue weighted by Crippen LogP contribution is -2.17. The van der Waals surface area contributed by atoms with Gasteiger partial charge >= 0.3 is 0 Å². The van der Waals surface area contributed by atoms with Gasteiger partial charge in [-0.15, -0.1) is 0 Å². The number of hydrazone groups is 1. The molecule has 0 spiro atoms. The van der Waals surface area contributed by atoms with Crippen molar-refractivity contribution in [1.29, 1.82) is 0 Å². The van der Waals surface area contributed by atoms with Crippen LogP contribution in [0.15, 0.2) is 88.6 Å². The zero-order valence-electron chi connectivity index (χ0n) is 14.3. The Balaban J connectivity index is 1.45. The third-order valence-electron chi connectivity index (χ3n) is 4.01. The minimum Gasteiger partial charge on any atom is -0.463 e. The van der Waals surface area contributed by atoms with E-state index in [0.717, 1.165) is 16.7 Å². The molecule has 0 unspecified atom stereocenters. The van der Waals surface area contributed by atoms with Gasteiger partial charge in [0.1, 0.15) is 11.5 Å². The van der Waals surface area contributed by atoms with E-state index < -0.39 is 0 Å². The fourth-order valence-electron chi connectivity index (χ4n) is 2.63. The zero-order chi connectivity index (χ0) is 18.5. The number of aromatic nitrogens is 2. The van der Waals surface area contributed by atoms with Crippen molar-refractivity contribution in [1.82, 2.24) is 15.6 Å². The molecule has 2 aromatic heterocycles. The fraction of sp³-hybridized carbons (Fsp3) is 0. The van der Waals surface area contributed by atoms with E-state index >= 15 is 0 Å². The molecule has 6 heteroatoms. The highest BCUT2D eigenvalue weighted by Gasteiger charge is 2.10. The number of benzene rings is 2. The monoisotopic (exact) mass is 356 g/mol. The van der Waals surface area contributed by atoms with Gasteiger partial charge in [0.05, 0.1) is 18.2 Å². The van der Waals surface area contributed by atoms with E-state index in [1.54, 1.807) is 18.2 Å². The number of furan rings is 1. The van der Waals surface area contributed by atoms with Gasteiger partial charge in [-0.25, -0.2) is 5.43 Å². The molecule has 2 N–H and O–H groups in total. The van der Waals surface area contributed by atoms with E-state index in [4.69, 9.17) is 4.42 Å². The standard InChI is InChI=1S/C21H16N4O2/c26-21(25-22-14-18-7-4-12-27-18)20-13-19(23-24-20)17-10-8-16(9-11-17)15-5-2-1-3-6-15/h1-14H,(H,23,24)(H,25,26)/b22-14+. The number of carbonyl (C=O) groups is 1.